The minimum absolute atomic E-state index is 0.207. The van der Waals surface area contributed by atoms with E-state index in [1.165, 1.54) is 6.07 Å². The second kappa shape index (κ2) is 7.13. The molecule has 1 amide bonds. The van der Waals surface area contributed by atoms with Crippen LogP contribution in [0.2, 0.25) is 0 Å². The highest BCUT2D eigenvalue weighted by Gasteiger charge is 2.47. The Kier molecular flexibility index (Phi) is 4.45. The number of likely N-dealkylation sites (tertiary alicyclic amines) is 1. The molecule has 2 aromatic rings. The van der Waals surface area contributed by atoms with Crippen molar-refractivity contribution < 1.29 is 9.18 Å². The highest BCUT2D eigenvalue weighted by Crippen LogP contribution is 2.38. The van der Waals surface area contributed by atoms with Crippen molar-refractivity contribution in [2.24, 2.45) is 10.9 Å². The van der Waals surface area contributed by atoms with Gasteiger partial charge in [0.2, 0.25) is 5.91 Å². The van der Waals surface area contributed by atoms with Gasteiger partial charge in [0.05, 0.1) is 5.69 Å². The molecule has 2 atom stereocenters. The first-order valence-electron chi connectivity index (χ1n) is 10.2. The number of carbonyl (C=O) groups excluding carboxylic acids is 1. The number of nitrogens with zero attached hydrogens (tertiary/aromatic N) is 3. The van der Waals surface area contributed by atoms with Gasteiger partial charge in [-0.15, -0.1) is 0 Å². The van der Waals surface area contributed by atoms with E-state index < -0.39 is 0 Å². The first-order valence-corrected chi connectivity index (χ1v) is 10.2. The van der Waals surface area contributed by atoms with Crippen molar-refractivity contribution >= 4 is 18.1 Å². The predicted octanol–water partition coefficient (Wildman–Crippen LogP) is 3.26. The summed E-state index contributed by atoms with van der Waals surface area (Å²) in [6, 6.07) is 8.97. The number of rotatable bonds is 4. The molecule has 3 fully saturated rings. The van der Waals surface area contributed by atoms with Crippen LogP contribution in [0.4, 0.5) is 4.39 Å². The molecule has 2 N–H and O–H groups in total. The number of benzene rings is 1. The lowest BCUT2D eigenvalue weighted by atomic mass is 10.1. The SMILES string of the molecule is N=CN=C(c1cc(-c2ccccc2F)c[nH]1)N1CC2CCC(C1)N2C(=O)C1CC1. The van der Waals surface area contributed by atoms with Crippen LogP contribution in [0.5, 0.6) is 0 Å². The van der Waals surface area contributed by atoms with Gasteiger partial charge in [0.25, 0.3) is 0 Å². The molecule has 5 rings (SSSR count). The molecule has 1 saturated carbocycles. The predicted molar refractivity (Wildman–Crippen MR) is 109 cm³/mol. The number of halogens is 1. The monoisotopic (exact) mass is 393 g/mol. The first-order chi connectivity index (χ1) is 14.2. The highest BCUT2D eigenvalue weighted by atomic mass is 19.1. The molecule has 1 aromatic heterocycles. The number of amidine groups is 1. The molecule has 2 aliphatic heterocycles. The maximum Gasteiger partial charge on any atom is 0.226 e. The maximum atomic E-state index is 14.2. The summed E-state index contributed by atoms with van der Waals surface area (Å²) in [6.45, 7) is 1.44. The van der Waals surface area contributed by atoms with Crippen LogP contribution in [0.3, 0.4) is 0 Å². The number of piperazine rings is 1. The van der Waals surface area contributed by atoms with Gasteiger partial charge in [0.15, 0.2) is 5.84 Å². The van der Waals surface area contributed by atoms with Crippen LogP contribution in [0.1, 0.15) is 31.4 Å². The van der Waals surface area contributed by atoms with Crippen LogP contribution in [-0.2, 0) is 4.79 Å². The number of H-pyrrole nitrogens is 1. The van der Waals surface area contributed by atoms with E-state index in [4.69, 9.17) is 5.41 Å². The van der Waals surface area contributed by atoms with Crippen molar-refractivity contribution in [2.45, 2.75) is 37.8 Å². The third-order valence-corrected chi connectivity index (χ3v) is 6.26. The summed E-state index contributed by atoms with van der Waals surface area (Å²) in [6.07, 6.45) is 6.91. The number of aromatic amines is 1. The van der Waals surface area contributed by atoms with Crippen molar-refractivity contribution in [3.63, 3.8) is 0 Å². The number of hydrogen-bond donors (Lipinski definition) is 2. The Bertz CT molecular complexity index is 965. The molecule has 7 heteroatoms. The number of hydrogen-bond acceptors (Lipinski definition) is 2. The van der Waals surface area contributed by atoms with Gasteiger partial charge in [-0.1, -0.05) is 18.2 Å². The number of amides is 1. The Morgan fingerprint density at radius 1 is 1.17 bits per heavy atom. The van der Waals surface area contributed by atoms with Gasteiger partial charge in [-0.25, -0.2) is 9.38 Å². The fourth-order valence-electron chi connectivity index (χ4n) is 4.73. The van der Waals surface area contributed by atoms with E-state index in [9.17, 15) is 9.18 Å². The van der Waals surface area contributed by atoms with E-state index in [0.717, 1.165) is 56.4 Å². The smallest absolute Gasteiger partial charge is 0.226 e. The molecule has 2 unspecified atom stereocenters. The third kappa shape index (κ3) is 3.24. The summed E-state index contributed by atoms with van der Waals surface area (Å²) in [4.78, 5) is 24.5. The Morgan fingerprint density at radius 3 is 2.55 bits per heavy atom. The Hall–Kier alpha value is -2.96. The van der Waals surface area contributed by atoms with E-state index in [1.54, 1.807) is 18.3 Å². The lowest BCUT2D eigenvalue weighted by Gasteiger charge is -2.42. The van der Waals surface area contributed by atoms with E-state index in [-0.39, 0.29) is 23.8 Å². The van der Waals surface area contributed by atoms with Gasteiger partial charge in [0, 0.05) is 48.4 Å². The summed E-state index contributed by atoms with van der Waals surface area (Å²) in [5.41, 5.74) is 2.04. The number of nitrogens with one attached hydrogen (secondary N) is 2. The third-order valence-electron chi connectivity index (χ3n) is 6.26. The zero-order valence-electron chi connectivity index (χ0n) is 16.1. The quantitative estimate of drug-likeness (QED) is 0.618. The minimum atomic E-state index is -0.270. The van der Waals surface area contributed by atoms with Crippen LogP contribution in [0.15, 0.2) is 41.5 Å². The van der Waals surface area contributed by atoms with Gasteiger partial charge in [0.1, 0.15) is 12.2 Å². The van der Waals surface area contributed by atoms with Gasteiger partial charge < -0.3 is 14.8 Å². The average Bonchev–Trinajstić information content (AvgIpc) is 3.41. The average molecular weight is 393 g/mol. The fourth-order valence-corrected chi connectivity index (χ4v) is 4.73. The molecule has 1 aliphatic carbocycles. The minimum Gasteiger partial charge on any atom is -0.358 e. The van der Waals surface area contributed by atoms with Crippen molar-refractivity contribution in [2.75, 3.05) is 13.1 Å². The summed E-state index contributed by atoms with van der Waals surface area (Å²) >= 11 is 0. The van der Waals surface area contributed by atoms with Crippen LogP contribution >= 0.6 is 0 Å². The van der Waals surface area contributed by atoms with E-state index >= 15 is 0 Å². The Labute approximate surface area is 168 Å². The molecule has 0 spiro atoms. The summed E-state index contributed by atoms with van der Waals surface area (Å²) in [7, 11) is 0. The van der Waals surface area contributed by atoms with Crippen LogP contribution in [-0.4, -0.2) is 58.0 Å². The van der Waals surface area contributed by atoms with Crippen LogP contribution in [0, 0.1) is 17.1 Å². The van der Waals surface area contributed by atoms with Crippen molar-refractivity contribution in [1.29, 1.82) is 5.41 Å². The van der Waals surface area contributed by atoms with Gasteiger partial charge in [-0.05, 0) is 37.8 Å². The molecule has 2 saturated heterocycles. The number of fused-ring (bicyclic) bond motifs is 2. The van der Waals surface area contributed by atoms with Crippen molar-refractivity contribution in [3.05, 3.63) is 48.0 Å². The Morgan fingerprint density at radius 2 is 1.90 bits per heavy atom. The molecular weight excluding hydrogens is 369 g/mol. The van der Waals surface area contributed by atoms with E-state index in [0.29, 0.717) is 17.3 Å². The standard InChI is InChI=1S/C22H24FN5O/c23-19-4-2-1-3-18(19)15-9-20(25-10-15)21(26-13-24)27-11-16-7-8-17(12-27)28(16)22(29)14-5-6-14/h1-4,9-10,13-14,16-17,24-25H,5-8,11-12H2. The van der Waals surface area contributed by atoms with E-state index in [2.05, 4.69) is 19.8 Å². The van der Waals surface area contributed by atoms with Gasteiger partial charge in [-0.2, -0.15) is 0 Å². The lowest BCUT2D eigenvalue weighted by molar-refractivity contribution is -0.137. The van der Waals surface area contributed by atoms with Gasteiger partial charge >= 0.3 is 0 Å². The zero-order valence-corrected chi connectivity index (χ0v) is 16.1. The number of aromatic nitrogens is 1. The molecule has 2 bridgehead atoms. The molecular formula is C22H24FN5O. The normalized spacial score (nSPS) is 24.1. The topological polar surface area (TPSA) is 75.6 Å². The summed E-state index contributed by atoms with van der Waals surface area (Å²) in [5.74, 6) is 0.974. The van der Waals surface area contributed by atoms with Crippen LogP contribution < -0.4 is 0 Å². The molecule has 0 radical (unpaired) electrons. The second-order valence-electron chi connectivity index (χ2n) is 8.17. The molecule has 3 heterocycles. The summed E-state index contributed by atoms with van der Waals surface area (Å²) in [5, 5.41) is 7.52. The summed E-state index contributed by atoms with van der Waals surface area (Å²) < 4.78 is 14.2. The van der Waals surface area contributed by atoms with E-state index in [1.807, 2.05) is 12.1 Å². The van der Waals surface area contributed by atoms with Crippen molar-refractivity contribution in [3.8, 4) is 11.1 Å². The molecule has 29 heavy (non-hydrogen) atoms. The highest BCUT2D eigenvalue weighted by molar-refractivity contribution is 6.02. The lowest BCUT2D eigenvalue weighted by Crippen LogP contribution is -2.57. The number of aliphatic imine (C=N–C) groups is 1. The number of carbonyl (C=O) groups is 1. The first kappa shape index (κ1) is 18.1. The van der Waals surface area contributed by atoms with Crippen molar-refractivity contribution in [1.82, 2.24) is 14.8 Å². The van der Waals surface area contributed by atoms with Gasteiger partial charge in [-0.3, -0.25) is 10.2 Å². The van der Waals surface area contributed by atoms with Crippen LogP contribution in [0.25, 0.3) is 11.1 Å². The largest absolute Gasteiger partial charge is 0.358 e. The zero-order chi connectivity index (χ0) is 20.0. The molecule has 3 aliphatic rings. The molecule has 150 valence electrons. The maximum absolute atomic E-state index is 14.2. The molecule has 1 aromatic carbocycles. The second-order valence-corrected chi connectivity index (χ2v) is 8.17. The fraction of sp³-hybridized carbons (Fsp3) is 0.409. The Balaban J connectivity index is 1.40. The molecule has 6 nitrogen and oxygen atoms in total.